The van der Waals surface area contributed by atoms with Crippen molar-refractivity contribution in [3.05, 3.63) is 18.2 Å². The molecule has 0 unspecified atom stereocenters. The molecule has 4 heteroatoms. The zero-order valence-electron chi connectivity index (χ0n) is 11.4. The standard InChI is InChI=1S/C14H21NO3/c1-5-10(6-2)14(16)15-12-8-7-11(17-3)9-13(12)18-4/h7-10H,5-6H2,1-4H3,(H,15,16). The van der Waals surface area contributed by atoms with Crippen LogP contribution >= 0.6 is 0 Å². The minimum atomic E-state index is 0.0310. The van der Waals surface area contributed by atoms with E-state index < -0.39 is 0 Å². The molecule has 0 spiro atoms. The van der Waals surface area contributed by atoms with E-state index >= 15 is 0 Å². The summed E-state index contributed by atoms with van der Waals surface area (Å²) in [6.45, 7) is 4.03. The van der Waals surface area contributed by atoms with Crippen molar-refractivity contribution in [2.75, 3.05) is 19.5 Å². The number of carbonyl (C=O) groups is 1. The first-order valence-corrected chi connectivity index (χ1v) is 6.19. The molecule has 0 saturated heterocycles. The Balaban J connectivity index is 2.86. The van der Waals surface area contributed by atoms with E-state index in [1.165, 1.54) is 0 Å². The lowest BCUT2D eigenvalue weighted by Crippen LogP contribution is -2.21. The van der Waals surface area contributed by atoms with Gasteiger partial charge in [-0.2, -0.15) is 0 Å². The summed E-state index contributed by atoms with van der Waals surface area (Å²) in [4.78, 5) is 12.0. The predicted molar refractivity (Wildman–Crippen MR) is 72.2 cm³/mol. The Kier molecular flexibility index (Phi) is 5.49. The number of rotatable bonds is 6. The van der Waals surface area contributed by atoms with Crippen LogP contribution in [0.5, 0.6) is 11.5 Å². The minimum Gasteiger partial charge on any atom is -0.497 e. The monoisotopic (exact) mass is 251 g/mol. The third-order valence-electron chi connectivity index (χ3n) is 3.02. The Morgan fingerprint density at radius 2 is 1.89 bits per heavy atom. The number of carbonyl (C=O) groups excluding carboxylic acids is 1. The molecule has 1 aromatic carbocycles. The van der Waals surface area contributed by atoms with E-state index in [0.29, 0.717) is 17.2 Å². The van der Waals surface area contributed by atoms with Crippen molar-refractivity contribution in [3.63, 3.8) is 0 Å². The molecule has 1 rings (SSSR count). The van der Waals surface area contributed by atoms with Crippen LogP contribution in [0.15, 0.2) is 18.2 Å². The maximum atomic E-state index is 12.0. The molecule has 0 bridgehead atoms. The number of anilines is 1. The number of benzene rings is 1. The Hall–Kier alpha value is -1.71. The number of nitrogens with one attached hydrogen (secondary N) is 1. The molecule has 0 radical (unpaired) electrons. The van der Waals surface area contributed by atoms with Crippen molar-refractivity contribution in [3.8, 4) is 11.5 Å². The van der Waals surface area contributed by atoms with Crippen molar-refractivity contribution >= 4 is 11.6 Å². The lowest BCUT2D eigenvalue weighted by Gasteiger charge is -2.15. The number of methoxy groups -OCH3 is 2. The van der Waals surface area contributed by atoms with Gasteiger partial charge in [-0.1, -0.05) is 13.8 Å². The van der Waals surface area contributed by atoms with Crippen LogP contribution in [0.1, 0.15) is 26.7 Å². The molecule has 0 aliphatic carbocycles. The first-order valence-electron chi connectivity index (χ1n) is 6.19. The normalized spacial score (nSPS) is 10.3. The van der Waals surface area contributed by atoms with Crippen LogP contribution in [0.2, 0.25) is 0 Å². The highest BCUT2D eigenvalue weighted by Gasteiger charge is 2.16. The molecule has 1 aromatic rings. The first-order chi connectivity index (χ1) is 8.65. The lowest BCUT2D eigenvalue weighted by molar-refractivity contribution is -0.120. The zero-order valence-corrected chi connectivity index (χ0v) is 11.4. The Morgan fingerprint density at radius 1 is 1.22 bits per heavy atom. The molecule has 0 aromatic heterocycles. The largest absolute Gasteiger partial charge is 0.497 e. The topological polar surface area (TPSA) is 47.6 Å². The van der Waals surface area contributed by atoms with E-state index in [0.717, 1.165) is 12.8 Å². The van der Waals surface area contributed by atoms with Crippen LogP contribution in [-0.2, 0) is 4.79 Å². The molecule has 4 nitrogen and oxygen atoms in total. The molecule has 0 atom stereocenters. The van der Waals surface area contributed by atoms with Gasteiger partial charge in [-0.3, -0.25) is 4.79 Å². The van der Waals surface area contributed by atoms with Crippen LogP contribution in [0.25, 0.3) is 0 Å². The minimum absolute atomic E-state index is 0.0310. The van der Waals surface area contributed by atoms with Gasteiger partial charge in [-0.15, -0.1) is 0 Å². The van der Waals surface area contributed by atoms with Crippen molar-refractivity contribution in [1.82, 2.24) is 0 Å². The van der Waals surface area contributed by atoms with Gasteiger partial charge in [0.25, 0.3) is 0 Å². The third kappa shape index (κ3) is 3.39. The number of amides is 1. The van der Waals surface area contributed by atoms with Gasteiger partial charge in [-0.25, -0.2) is 0 Å². The summed E-state index contributed by atoms with van der Waals surface area (Å²) in [5.74, 6) is 1.38. The van der Waals surface area contributed by atoms with E-state index in [1.54, 1.807) is 32.4 Å². The average molecular weight is 251 g/mol. The van der Waals surface area contributed by atoms with E-state index in [-0.39, 0.29) is 11.8 Å². The van der Waals surface area contributed by atoms with Gasteiger partial charge < -0.3 is 14.8 Å². The molecule has 0 heterocycles. The molecule has 0 aliphatic heterocycles. The summed E-state index contributed by atoms with van der Waals surface area (Å²) < 4.78 is 10.4. The van der Waals surface area contributed by atoms with Gasteiger partial charge in [0.2, 0.25) is 5.91 Å². The van der Waals surface area contributed by atoms with Crippen molar-refractivity contribution in [2.45, 2.75) is 26.7 Å². The van der Waals surface area contributed by atoms with Crippen molar-refractivity contribution < 1.29 is 14.3 Å². The summed E-state index contributed by atoms with van der Waals surface area (Å²) >= 11 is 0. The fraction of sp³-hybridized carbons (Fsp3) is 0.500. The first kappa shape index (κ1) is 14.4. The quantitative estimate of drug-likeness (QED) is 0.845. The summed E-state index contributed by atoms with van der Waals surface area (Å²) in [6, 6.07) is 5.34. The predicted octanol–water partition coefficient (Wildman–Crippen LogP) is 3.08. The summed E-state index contributed by atoms with van der Waals surface area (Å²) in [7, 11) is 3.17. The molecule has 1 amide bonds. The van der Waals surface area contributed by atoms with Gasteiger partial charge in [0.15, 0.2) is 0 Å². The summed E-state index contributed by atoms with van der Waals surface area (Å²) in [6.07, 6.45) is 1.67. The summed E-state index contributed by atoms with van der Waals surface area (Å²) in [5, 5.41) is 2.90. The highest BCUT2D eigenvalue weighted by Crippen LogP contribution is 2.29. The van der Waals surface area contributed by atoms with Crippen LogP contribution in [0.3, 0.4) is 0 Å². The molecular weight excluding hydrogens is 230 g/mol. The smallest absolute Gasteiger partial charge is 0.227 e. The molecule has 1 N–H and O–H groups in total. The van der Waals surface area contributed by atoms with Crippen LogP contribution < -0.4 is 14.8 Å². The second-order valence-corrected chi connectivity index (χ2v) is 4.07. The van der Waals surface area contributed by atoms with Crippen LogP contribution in [-0.4, -0.2) is 20.1 Å². The zero-order chi connectivity index (χ0) is 13.5. The van der Waals surface area contributed by atoms with E-state index in [9.17, 15) is 4.79 Å². The second-order valence-electron chi connectivity index (χ2n) is 4.07. The van der Waals surface area contributed by atoms with Crippen LogP contribution in [0, 0.1) is 5.92 Å². The van der Waals surface area contributed by atoms with E-state index in [4.69, 9.17) is 9.47 Å². The Morgan fingerprint density at radius 3 is 2.39 bits per heavy atom. The van der Waals surface area contributed by atoms with Crippen LogP contribution in [0.4, 0.5) is 5.69 Å². The molecule has 0 fully saturated rings. The number of hydrogen-bond donors (Lipinski definition) is 1. The van der Waals surface area contributed by atoms with Crippen molar-refractivity contribution in [2.24, 2.45) is 5.92 Å². The molecule has 0 saturated carbocycles. The van der Waals surface area contributed by atoms with Gasteiger partial charge in [-0.05, 0) is 25.0 Å². The van der Waals surface area contributed by atoms with Crippen molar-refractivity contribution in [1.29, 1.82) is 0 Å². The van der Waals surface area contributed by atoms with Gasteiger partial charge in [0.1, 0.15) is 11.5 Å². The second kappa shape index (κ2) is 6.89. The Labute approximate surface area is 108 Å². The Bertz CT molecular complexity index is 400. The maximum Gasteiger partial charge on any atom is 0.227 e. The molecule has 0 aliphatic rings. The van der Waals surface area contributed by atoms with Gasteiger partial charge in [0.05, 0.1) is 19.9 Å². The summed E-state index contributed by atoms with van der Waals surface area (Å²) in [5.41, 5.74) is 0.676. The fourth-order valence-corrected chi connectivity index (χ4v) is 1.80. The van der Waals surface area contributed by atoms with Gasteiger partial charge in [0, 0.05) is 12.0 Å². The highest BCUT2D eigenvalue weighted by atomic mass is 16.5. The van der Waals surface area contributed by atoms with E-state index in [2.05, 4.69) is 5.32 Å². The lowest BCUT2D eigenvalue weighted by atomic mass is 10.0. The van der Waals surface area contributed by atoms with E-state index in [1.807, 2.05) is 13.8 Å². The molecule has 18 heavy (non-hydrogen) atoms. The maximum absolute atomic E-state index is 12.0. The molecular formula is C14H21NO3. The highest BCUT2D eigenvalue weighted by molar-refractivity contribution is 5.94. The number of ether oxygens (including phenoxy) is 2. The fourth-order valence-electron chi connectivity index (χ4n) is 1.80. The molecule has 100 valence electrons. The SMILES string of the molecule is CCC(CC)C(=O)Nc1ccc(OC)cc1OC. The van der Waals surface area contributed by atoms with Gasteiger partial charge >= 0.3 is 0 Å². The average Bonchev–Trinajstić information content (AvgIpc) is 2.40. The third-order valence-corrected chi connectivity index (χ3v) is 3.02. The number of hydrogen-bond acceptors (Lipinski definition) is 3.